The molecule has 0 aliphatic carbocycles. The molecule has 1 aromatic heterocycles. The number of ether oxygens (including phenoxy) is 1. The predicted octanol–water partition coefficient (Wildman–Crippen LogP) is 2.25. The molecule has 0 saturated carbocycles. The van der Waals surface area contributed by atoms with Crippen LogP contribution in [0.4, 0.5) is 0 Å². The molecule has 7 heteroatoms. The second kappa shape index (κ2) is 11.4. The van der Waals surface area contributed by atoms with E-state index < -0.39 is 0 Å². The van der Waals surface area contributed by atoms with Gasteiger partial charge in [-0.15, -0.1) is 11.3 Å². The average Bonchev–Trinajstić information content (AvgIpc) is 3.08. The summed E-state index contributed by atoms with van der Waals surface area (Å²) in [5, 5.41) is 6.60. The number of rotatable bonds is 10. The Morgan fingerprint density at radius 1 is 1.44 bits per heavy atom. The number of guanidine groups is 1. The maximum absolute atomic E-state index is 5.93. The number of thiazole rings is 1. The molecule has 1 aromatic rings. The summed E-state index contributed by atoms with van der Waals surface area (Å²) in [5.41, 5.74) is 7.15. The fourth-order valence-electron chi connectivity index (χ4n) is 2.96. The Morgan fingerprint density at radius 3 is 2.92 bits per heavy atom. The molecule has 1 saturated heterocycles. The van der Waals surface area contributed by atoms with Gasteiger partial charge in [0.05, 0.1) is 10.7 Å². The SMILES string of the molecule is CCOCCCNC(N)=NCC1CCN(Cc2csc(CC)n2)CC1. The van der Waals surface area contributed by atoms with Gasteiger partial charge in [-0.3, -0.25) is 9.89 Å². The Labute approximate surface area is 155 Å². The van der Waals surface area contributed by atoms with E-state index in [9.17, 15) is 0 Å². The molecular formula is C18H33N5OS. The minimum absolute atomic E-state index is 0.563. The van der Waals surface area contributed by atoms with Crippen LogP contribution in [0.3, 0.4) is 0 Å². The molecule has 1 fully saturated rings. The van der Waals surface area contributed by atoms with Crippen molar-refractivity contribution in [1.82, 2.24) is 15.2 Å². The minimum Gasteiger partial charge on any atom is -0.382 e. The summed E-state index contributed by atoms with van der Waals surface area (Å²) in [7, 11) is 0. The number of nitrogens with two attached hydrogens (primary N) is 1. The van der Waals surface area contributed by atoms with E-state index in [-0.39, 0.29) is 0 Å². The zero-order chi connectivity index (χ0) is 17.9. The lowest BCUT2D eigenvalue weighted by Gasteiger charge is -2.30. The Hall–Kier alpha value is -1.18. The van der Waals surface area contributed by atoms with E-state index in [1.54, 1.807) is 11.3 Å². The molecule has 1 aliphatic heterocycles. The van der Waals surface area contributed by atoms with E-state index in [2.05, 4.69) is 32.5 Å². The Balaban J connectivity index is 1.60. The van der Waals surface area contributed by atoms with Crippen LogP contribution in [-0.4, -0.2) is 55.2 Å². The molecule has 0 atom stereocenters. The van der Waals surface area contributed by atoms with E-state index >= 15 is 0 Å². The summed E-state index contributed by atoms with van der Waals surface area (Å²) < 4.78 is 5.30. The third-order valence-corrected chi connectivity index (χ3v) is 5.53. The summed E-state index contributed by atoms with van der Waals surface area (Å²) in [5.74, 6) is 1.20. The molecule has 25 heavy (non-hydrogen) atoms. The fourth-order valence-corrected chi connectivity index (χ4v) is 3.69. The van der Waals surface area contributed by atoms with E-state index in [1.807, 2.05) is 6.92 Å². The highest BCUT2D eigenvalue weighted by atomic mass is 32.1. The van der Waals surface area contributed by atoms with Crippen molar-refractivity contribution in [3.05, 3.63) is 16.1 Å². The third kappa shape index (κ3) is 7.71. The number of aliphatic imine (C=N–C) groups is 1. The van der Waals surface area contributed by atoms with Crippen molar-refractivity contribution in [2.24, 2.45) is 16.6 Å². The first-order valence-electron chi connectivity index (χ1n) is 9.48. The zero-order valence-electron chi connectivity index (χ0n) is 15.7. The normalized spacial score (nSPS) is 17.1. The molecule has 142 valence electrons. The van der Waals surface area contributed by atoms with Gasteiger partial charge < -0.3 is 15.8 Å². The van der Waals surface area contributed by atoms with Crippen molar-refractivity contribution >= 4 is 17.3 Å². The molecule has 0 radical (unpaired) electrons. The summed E-state index contributed by atoms with van der Waals surface area (Å²) in [6, 6.07) is 0. The summed E-state index contributed by atoms with van der Waals surface area (Å²) in [6.45, 7) is 10.6. The van der Waals surface area contributed by atoms with Crippen LogP contribution in [-0.2, 0) is 17.7 Å². The lowest BCUT2D eigenvalue weighted by Crippen LogP contribution is -2.36. The molecule has 1 aliphatic rings. The second-order valence-electron chi connectivity index (χ2n) is 6.51. The largest absolute Gasteiger partial charge is 0.382 e. The summed E-state index contributed by atoms with van der Waals surface area (Å²) in [4.78, 5) is 11.7. The lowest BCUT2D eigenvalue weighted by molar-refractivity contribution is 0.145. The molecule has 0 aromatic carbocycles. The predicted molar refractivity (Wildman–Crippen MR) is 105 cm³/mol. The van der Waals surface area contributed by atoms with Crippen molar-refractivity contribution in [3.8, 4) is 0 Å². The molecule has 0 unspecified atom stereocenters. The standard InChI is InChI=1S/C18H33N5OS/c1-3-17-22-16(14-25-17)13-23-9-6-15(7-10-23)12-21-18(19)20-8-5-11-24-4-2/h14-15H,3-13H2,1-2H3,(H3,19,20,21). The lowest BCUT2D eigenvalue weighted by atomic mass is 9.97. The number of aromatic nitrogens is 1. The van der Waals surface area contributed by atoms with Crippen molar-refractivity contribution in [1.29, 1.82) is 0 Å². The Bertz CT molecular complexity index is 511. The first-order chi connectivity index (χ1) is 12.2. The molecule has 0 bridgehead atoms. The van der Waals surface area contributed by atoms with E-state index in [1.165, 1.54) is 23.5 Å². The zero-order valence-corrected chi connectivity index (χ0v) is 16.5. The van der Waals surface area contributed by atoms with Gasteiger partial charge in [-0.1, -0.05) is 6.92 Å². The van der Waals surface area contributed by atoms with Crippen LogP contribution in [0.5, 0.6) is 0 Å². The fraction of sp³-hybridized carbons (Fsp3) is 0.778. The quantitative estimate of drug-likeness (QED) is 0.377. The number of hydrogen-bond acceptors (Lipinski definition) is 5. The van der Waals surface area contributed by atoms with Crippen molar-refractivity contribution in [2.45, 2.75) is 46.1 Å². The van der Waals surface area contributed by atoms with Crippen LogP contribution >= 0.6 is 11.3 Å². The number of nitrogens with one attached hydrogen (secondary N) is 1. The summed E-state index contributed by atoms with van der Waals surface area (Å²) in [6.07, 6.45) is 4.36. The van der Waals surface area contributed by atoms with Crippen molar-refractivity contribution < 1.29 is 4.74 Å². The second-order valence-corrected chi connectivity index (χ2v) is 7.45. The first kappa shape index (κ1) is 20.1. The molecule has 0 amide bonds. The first-order valence-corrected chi connectivity index (χ1v) is 10.4. The topological polar surface area (TPSA) is 75.8 Å². The van der Waals surface area contributed by atoms with E-state index in [0.717, 1.165) is 58.8 Å². The van der Waals surface area contributed by atoms with Gasteiger partial charge in [0, 0.05) is 38.2 Å². The van der Waals surface area contributed by atoms with Gasteiger partial charge in [0.15, 0.2) is 5.96 Å². The molecule has 6 nitrogen and oxygen atoms in total. The number of piperidine rings is 1. The van der Waals surface area contributed by atoms with Gasteiger partial charge in [-0.25, -0.2) is 4.98 Å². The monoisotopic (exact) mass is 367 g/mol. The van der Waals surface area contributed by atoms with E-state index in [0.29, 0.717) is 11.9 Å². The minimum atomic E-state index is 0.563. The number of nitrogens with zero attached hydrogens (tertiary/aromatic N) is 3. The van der Waals surface area contributed by atoms with Gasteiger partial charge in [-0.05, 0) is 51.6 Å². The number of likely N-dealkylation sites (tertiary alicyclic amines) is 1. The smallest absolute Gasteiger partial charge is 0.188 e. The van der Waals surface area contributed by atoms with Gasteiger partial charge >= 0.3 is 0 Å². The third-order valence-electron chi connectivity index (χ3n) is 4.49. The molecule has 3 N–H and O–H groups in total. The van der Waals surface area contributed by atoms with Crippen LogP contribution in [0.2, 0.25) is 0 Å². The van der Waals surface area contributed by atoms with Crippen molar-refractivity contribution in [3.63, 3.8) is 0 Å². The summed E-state index contributed by atoms with van der Waals surface area (Å²) >= 11 is 1.78. The van der Waals surface area contributed by atoms with Gasteiger partial charge in [0.1, 0.15) is 0 Å². The van der Waals surface area contributed by atoms with Gasteiger partial charge in [0.25, 0.3) is 0 Å². The highest BCUT2D eigenvalue weighted by molar-refractivity contribution is 7.09. The maximum Gasteiger partial charge on any atom is 0.188 e. The number of aryl methyl sites for hydroxylation is 1. The van der Waals surface area contributed by atoms with Gasteiger partial charge in [0.2, 0.25) is 0 Å². The highest BCUT2D eigenvalue weighted by Crippen LogP contribution is 2.20. The van der Waals surface area contributed by atoms with Crippen LogP contribution in [0.1, 0.15) is 43.8 Å². The van der Waals surface area contributed by atoms with Crippen LogP contribution in [0.25, 0.3) is 0 Å². The molecular weight excluding hydrogens is 334 g/mol. The molecule has 2 heterocycles. The highest BCUT2D eigenvalue weighted by Gasteiger charge is 2.19. The van der Waals surface area contributed by atoms with Gasteiger partial charge in [-0.2, -0.15) is 0 Å². The van der Waals surface area contributed by atoms with Crippen LogP contribution < -0.4 is 11.1 Å². The average molecular weight is 368 g/mol. The maximum atomic E-state index is 5.93. The molecule has 2 rings (SSSR count). The van der Waals surface area contributed by atoms with E-state index in [4.69, 9.17) is 10.5 Å². The van der Waals surface area contributed by atoms with Crippen molar-refractivity contribution in [2.75, 3.05) is 39.4 Å². The Morgan fingerprint density at radius 2 is 2.24 bits per heavy atom. The van der Waals surface area contributed by atoms with Crippen LogP contribution in [0, 0.1) is 5.92 Å². The van der Waals surface area contributed by atoms with Crippen LogP contribution in [0.15, 0.2) is 10.4 Å². The Kier molecular flexibility index (Phi) is 9.21. The number of hydrogen-bond donors (Lipinski definition) is 2. The molecule has 0 spiro atoms.